The Balaban J connectivity index is 1.57. The van der Waals surface area contributed by atoms with E-state index in [9.17, 15) is 10.1 Å². The van der Waals surface area contributed by atoms with Gasteiger partial charge in [-0.1, -0.05) is 13.0 Å². The Bertz CT molecular complexity index is 761. The van der Waals surface area contributed by atoms with Crippen molar-refractivity contribution in [3.63, 3.8) is 0 Å². The Labute approximate surface area is 161 Å². The van der Waals surface area contributed by atoms with Crippen LogP contribution in [0.25, 0.3) is 0 Å². The zero-order chi connectivity index (χ0) is 18.5. The molecule has 1 N–H and O–H groups in total. The van der Waals surface area contributed by atoms with E-state index in [-0.39, 0.29) is 5.69 Å². The van der Waals surface area contributed by atoms with Crippen LogP contribution in [-0.4, -0.2) is 47.5 Å². The highest BCUT2D eigenvalue weighted by Gasteiger charge is 2.16. The van der Waals surface area contributed by atoms with Gasteiger partial charge >= 0.3 is 0 Å². The normalized spacial score (nSPS) is 15.1. The first kappa shape index (κ1) is 18.6. The topological polar surface area (TPSA) is 74.5 Å². The maximum Gasteiger partial charge on any atom is 0.270 e. The zero-order valence-corrected chi connectivity index (χ0v) is 16.3. The van der Waals surface area contributed by atoms with Crippen LogP contribution in [0.4, 0.5) is 17.2 Å². The molecule has 0 radical (unpaired) electrons. The van der Waals surface area contributed by atoms with Crippen LogP contribution in [0.2, 0.25) is 0 Å². The van der Waals surface area contributed by atoms with E-state index in [2.05, 4.69) is 55.1 Å². The Morgan fingerprint density at radius 3 is 2.58 bits per heavy atom. The molecule has 138 valence electrons. The summed E-state index contributed by atoms with van der Waals surface area (Å²) in [5.41, 5.74) is 1.94. The van der Waals surface area contributed by atoms with Gasteiger partial charge in [0.1, 0.15) is 5.82 Å². The van der Waals surface area contributed by atoms with Crippen LogP contribution < -0.4 is 10.2 Å². The molecule has 0 bridgehead atoms. The predicted molar refractivity (Wildman–Crippen MR) is 107 cm³/mol. The van der Waals surface area contributed by atoms with Crippen molar-refractivity contribution >= 4 is 33.1 Å². The molecule has 1 aliphatic heterocycles. The fraction of sp³-hybridized carbons (Fsp3) is 0.389. The van der Waals surface area contributed by atoms with E-state index < -0.39 is 4.92 Å². The molecule has 0 atom stereocenters. The molecule has 1 fully saturated rings. The summed E-state index contributed by atoms with van der Waals surface area (Å²) in [5.74, 6) is 1.01. The second kappa shape index (κ2) is 8.46. The van der Waals surface area contributed by atoms with Crippen LogP contribution in [0.5, 0.6) is 0 Å². The van der Waals surface area contributed by atoms with Crippen molar-refractivity contribution in [2.75, 3.05) is 42.9 Å². The molecule has 7 nitrogen and oxygen atoms in total. The molecule has 1 aliphatic rings. The van der Waals surface area contributed by atoms with Crippen molar-refractivity contribution in [1.29, 1.82) is 0 Å². The van der Waals surface area contributed by atoms with Gasteiger partial charge in [-0.05, 0) is 40.2 Å². The highest BCUT2D eigenvalue weighted by Crippen LogP contribution is 2.27. The zero-order valence-electron chi connectivity index (χ0n) is 14.7. The fourth-order valence-corrected chi connectivity index (χ4v) is 3.47. The number of piperazine rings is 1. The number of anilines is 2. The molecule has 0 saturated carbocycles. The first-order chi connectivity index (χ1) is 12.6. The highest BCUT2D eigenvalue weighted by atomic mass is 79.9. The average Bonchev–Trinajstić information content (AvgIpc) is 2.67. The molecule has 1 aromatic carbocycles. The van der Waals surface area contributed by atoms with E-state index in [1.165, 1.54) is 12.1 Å². The summed E-state index contributed by atoms with van der Waals surface area (Å²) in [6, 6.07) is 8.82. The van der Waals surface area contributed by atoms with Crippen molar-refractivity contribution in [3.05, 3.63) is 56.7 Å². The van der Waals surface area contributed by atoms with E-state index in [1.54, 1.807) is 6.07 Å². The second-order valence-electron chi connectivity index (χ2n) is 6.22. The van der Waals surface area contributed by atoms with Gasteiger partial charge in [0.25, 0.3) is 5.69 Å². The number of pyridine rings is 1. The van der Waals surface area contributed by atoms with Crippen molar-refractivity contribution in [3.8, 4) is 0 Å². The number of hydrogen-bond donors (Lipinski definition) is 1. The molecular weight excluding hydrogens is 398 g/mol. The summed E-state index contributed by atoms with van der Waals surface area (Å²) in [6.07, 6.45) is 1.88. The molecule has 3 rings (SSSR count). The van der Waals surface area contributed by atoms with Gasteiger partial charge in [-0.25, -0.2) is 4.98 Å². The van der Waals surface area contributed by atoms with Gasteiger partial charge < -0.3 is 15.1 Å². The molecule has 1 aromatic heterocycles. The SMILES string of the molecule is CCN1CCN(c2ccc(CNc3ccc([N+](=O)[O-])cc3Br)cn2)CC1. The number of non-ortho nitro benzene ring substituents is 1. The van der Waals surface area contributed by atoms with E-state index >= 15 is 0 Å². The van der Waals surface area contributed by atoms with E-state index in [4.69, 9.17) is 0 Å². The van der Waals surface area contributed by atoms with Crippen LogP contribution in [-0.2, 0) is 6.54 Å². The molecule has 0 amide bonds. The Morgan fingerprint density at radius 1 is 1.23 bits per heavy atom. The first-order valence-corrected chi connectivity index (χ1v) is 9.46. The molecule has 2 aromatic rings. The molecule has 8 heteroatoms. The maximum atomic E-state index is 10.8. The summed E-state index contributed by atoms with van der Waals surface area (Å²) in [7, 11) is 0. The monoisotopic (exact) mass is 419 g/mol. The number of nitro benzene ring substituents is 1. The van der Waals surface area contributed by atoms with E-state index in [1.807, 2.05) is 6.20 Å². The van der Waals surface area contributed by atoms with Gasteiger partial charge in [-0.2, -0.15) is 0 Å². The van der Waals surface area contributed by atoms with Crippen LogP contribution in [0.15, 0.2) is 41.0 Å². The number of halogens is 1. The molecule has 0 spiro atoms. The number of hydrogen-bond acceptors (Lipinski definition) is 6. The van der Waals surface area contributed by atoms with E-state index in [0.717, 1.165) is 49.8 Å². The third kappa shape index (κ3) is 4.50. The second-order valence-corrected chi connectivity index (χ2v) is 7.08. The quantitative estimate of drug-likeness (QED) is 0.570. The average molecular weight is 420 g/mol. The van der Waals surface area contributed by atoms with Gasteiger partial charge in [0.2, 0.25) is 0 Å². The number of nitro groups is 1. The number of likely N-dealkylation sites (N-methyl/N-ethyl adjacent to an activating group) is 1. The molecule has 2 heterocycles. The molecular formula is C18H22BrN5O2. The predicted octanol–water partition coefficient (Wildman–Crippen LogP) is 3.51. The van der Waals surface area contributed by atoms with Crippen LogP contribution >= 0.6 is 15.9 Å². The number of nitrogens with one attached hydrogen (secondary N) is 1. The largest absolute Gasteiger partial charge is 0.380 e. The number of aromatic nitrogens is 1. The Morgan fingerprint density at radius 2 is 2.00 bits per heavy atom. The third-order valence-corrected chi connectivity index (χ3v) is 5.26. The lowest BCUT2D eigenvalue weighted by molar-refractivity contribution is -0.384. The smallest absolute Gasteiger partial charge is 0.270 e. The standard InChI is InChI=1S/C18H22BrN5O2/c1-2-22-7-9-23(10-8-22)18-6-3-14(13-21-18)12-20-17-5-4-15(24(25)26)11-16(17)19/h3-6,11,13,20H,2,7-10,12H2,1H3. The van der Waals surface area contributed by atoms with Gasteiger partial charge in [0.05, 0.1) is 4.92 Å². The Kier molecular flexibility index (Phi) is 6.05. The van der Waals surface area contributed by atoms with Gasteiger partial charge in [0.15, 0.2) is 0 Å². The fourth-order valence-electron chi connectivity index (χ4n) is 2.96. The molecule has 0 aliphatic carbocycles. The van der Waals surface area contributed by atoms with Gasteiger partial charge in [0, 0.05) is 61.2 Å². The highest BCUT2D eigenvalue weighted by molar-refractivity contribution is 9.10. The lowest BCUT2D eigenvalue weighted by atomic mass is 10.2. The van der Waals surface area contributed by atoms with Crippen LogP contribution in [0, 0.1) is 10.1 Å². The van der Waals surface area contributed by atoms with Gasteiger partial charge in [-0.3, -0.25) is 10.1 Å². The summed E-state index contributed by atoms with van der Waals surface area (Å²) in [6.45, 7) is 8.07. The summed E-state index contributed by atoms with van der Waals surface area (Å²) < 4.78 is 0.671. The number of rotatable bonds is 6. The van der Waals surface area contributed by atoms with Crippen molar-refractivity contribution in [2.24, 2.45) is 0 Å². The van der Waals surface area contributed by atoms with Crippen LogP contribution in [0.1, 0.15) is 12.5 Å². The minimum atomic E-state index is -0.405. The molecule has 26 heavy (non-hydrogen) atoms. The lowest BCUT2D eigenvalue weighted by Gasteiger charge is -2.34. The minimum absolute atomic E-state index is 0.0663. The van der Waals surface area contributed by atoms with Crippen LogP contribution in [0.3, 0.4) is 0 Å². The van der Waals surface area contributed by atoms with Crippen molar-refractivity contribution in [2.45, 2.75) is 13.5 Å². The van der Waals surface area contributed by atoms with Crippen molar-refractivity contribution in [1.82, 2.24) is 9.88 Å². The van der Waals surface area contributed by atoms with E-state index in [0.29, 0.717) is 11.0 Å². The number of nitrogens with zero attached hydrogens (tertiary/aromatic N) is 4. The lowest BCUT2D eigenvalue weighted by Crippen LogP contribution is -2.46. The maximum absolute atomic E-state index is 10.8. The molecule has 0 unspecified atom stereocenters. The van der Waals surface area contributed by atoms with Gasteiger partial charge in [-0.15, -0.1) is 0 Å². The third-order valence-electron chi connectivity index (χ3n) is 4.60. The van der Waals surface area contributed by atoms with Crippen molar-refractivity contribution < 1.29 is 4.92 Å². The number of benzene rings is 1. The summed E-state index contributed by atoms with van der Waals surface area (Å²) in [5, 5.41) is 14.1. The Hall–Kier alpha value is -2.19. The summed E-state index contributed by atoms with van der Waals surface area (Å²) in [4.78, 5) is 19.7. The molecule has 1 saturated heterocycles. The first-order valence-electron chi connectivity index (χ1n) is 8.67. The summed E-state index contributed by atoms with van der Waals surface area (Å²) >= 11 is 3.37. The minimum Gasteiger partial charge on any atom is -0.380 e.